The number of rotatable bonds is 4. The molecule has 2 aromatic rings. The topological polar surface area (TPSA) is 59.0 Å². The largest absolute Gasteiger partial charge is 0.481 e. The molecule has 2 aromatic carbocycles. The van der Waals surface area contributed by atoms with Gasteiger partial charge in [0.2, 0.25) is 6.79 Å². The highest BCUT2D eigenvalue weighted by Gasteiger charge is 2.46. The zero-order valence-corrected chi connectivity index (χ0v) is 15.0. The van der Waals surface area contributed by atoms with Gasteiger partial charge in [-0.05, 0) is 42.3 Å². The van der Waals surface area contributed by atoms with Crippen molar-refractivity contribution in [3.63, 3.8) is 0 Å². The highest BCUT2D eigenvalue weighted by Crippen LogP contribution is 2.46. The Kier molecular flexibility index (Phi) is 4.32. The van der Waals surface area contributed by atoms with Crippen LogP contribution in [0.25, 0.3) is 0 Å². The van der Waals surface area contributed by atoms with Crippen molar-refractivity contribution in [2.45, 2.75) is 25.3 Å². The van der Waals surface area contributed by atoms with Crippen LogP contribution < -0.4 is 9.47 Å². The number of ether oxygens (including phenoxy) is 2. The van der Waals surface area contributed by atoms with Gasteiger partial charge in [-0.2, -0.15) is 0 Å². The van der Waals surface area contributed by atoms with Gasteiger partial charge < -0.3 is 14.6 Å². The van der Waals surface area contributed by atoms with Gasteiger partial charge in [0.05, 0.1) is 5.92 Å². The first-order chi connectivity index (χ1) is 12.6. The van der Waals surface area contributed by atoms with Crippen molar-refractivity contribution in [2.24, 2.45) is 5.92 Å². The van der Waals surface area contributed by atoms with Crippen molar-refractivity contribution in [1.82, 2.24) is 4.90 Å². The number of likely N-dealkylation sites (N-methyl/N-ethyl adjacent to an activating group) is 1. The van der Waals surface area contributed by atoms with Crippen LogP contribution in [0.1, 0.15) is 35.6 Å². The van der Waals surface area contributed by atoms with Crippen molar-refractivity contribution in [1.29, 1.82) is 0 Å². The number of carboxylic acids is 1. The van der Waals surface area contributed by atoms with Crippen LogP contribution in [-0.4, -0.2) is 36.4 Å². The molecule has 0 amide bonds. The molecule has 2 aliphatic rings. The number of nitrogens with zero attached hydrogens (tertiary/aromatic N) is 1. The zero-order chi connectivity index (χ0) is 18.3. The van der Waals surface area contributed by atoms with E-state index < -0.39 is 11.9 Å². The van der Waals surface area contributed by atoms with Gasteiger partial charge in [0.15, 0.2) is 11.5 Å². The van der Waals surface area contributed by atoms with E-state index in [4.69, 9.17) is 9.47 Å². The second-order valence-electron chi connectivity index (χ2n) is 7.06. The van der Waals surface area contributed by atoms with Crippen LogP contribution in [0, 0.1) is 5.92 Å². The van der Waals surface area contributed by atoms with Crippen LogP contribution in [0.4, 0.5) is 0 Å². The van der Waals surface area contributed by atoms with Crippen LogP contribution in [0.3, 0.4) is 0 Å². The van der Waals surface area contributed by atoms with Gasteiger partial charge >= 0.3 is 5.97 Å². The predicted molar refractivity (Wildman–Crippen MR) is 97.6 cm³/mol. The molecule has 2 heterocycles. The molecule has 26 heavy (non-hydrogen) atoms. The minimum atomic E-state index is -0.762. The molecule has 5 nitrogen and oxygen atoms in total. The Morgan fingerprint density at radius 1 is 1.12 bits per heavy atom. The average Bonchev–Trinajstić information content (AvgIpc) is 3.25. The van der Waals surface area contributed by atoms with E-state index in [1.165, 1.54) is 5.56 Å². The summed E-state index contributed by atoms with van der Waals surface area (Å²) < 4.78 is 10.8. The van der Waals surface area contributed by atoms with Crippen LogP contribution in [0.5, 0.6) is 11.5 Å². The molecular weight excluding hydrogens is 330 g/mol. The minimum absolute atomic E-state index is 0.0946. The Bertz CT molecular complexity index is 817. The lowest BCUT2D eigenvalue weighted by atomic mass is 9.82. The summed E-state index contributed by atoms with van der Waals surface area (Å²) in [5, 5.41) is 10.0. The van der Waals surface area contributed by atoms with Crippen LogP contribution in [0.2, 0.25) is 0 Å². The molecule has 136 valence electrons. The van der Waals surface area contributed by atoms with Crippen molar-refractivity contribution in [3.05, 3.63) is 59.2 Å². The molecular formula is C21H23NO4. The molecule has 0 saturated carbocycles. The lowest BCUT2D eigenvalue weighted by molar-refractivity contribution is -0.143. The molecule has 1 fully saturated rings. The Morgan fingerprint density at radius 3 is 2.50 bits per heavy atom. The lowest BCUT2D eigenvalue weighted by Gasteiger charge is -2.24. The Labute approximate surface area is 153 Å². The molecule has 4 rings (SSSR count). The lowest BCUT2D eigenvalue weighted by Crippen LogP contribution is -2.26. The summed E-state index contributed by atoms with van der Waals surface area (Å²) >= 11 is 0. The predicted octanol–water partition coefficient (Wildman–Crippen LogP) is 3.45. The quantitative estimate of drug-likeness (QED) is 0.912. The van der Waals surface area contributed by atoms with Gasteiger partial charge in [-0.1, -0.05) is 37.3 Å². The first kappa shape index (κ1) is 16.9. The summed E-state index contributed by atoms with van der Waals surface area (Å²) in [7, 11) is 2.00. The standard InChI is InChI=1S/C21H23NO4/c1-3-13-4-6-14(7-5-13)20-19(21(23)24)16(11-22(20)2)15-8-9-17-18(10-15)26-12-25-17/h4-10,16,19-20H,3,11-12H2,1-2H3,(H,23,24). The van der Waals surface area contributed by atoms with E-state index >= 15 is 0 Å². The van der Waals surface area contributed by atoms with Gasteiger partial charge in [-0.3, -0.25) is 9.69 Å². The first-order valence-corrected chi connectivity index (χ1v) is 9.00. The Morgan fingerprint density at radius 2 is 1.81 bits per heavy atom. The fourth-order valence-electron chi connectivity index (χ4n) is 4.21. The van der Waals surface area contributed by atoms with Crippen molar-refractivity contribution in [2.75, 3.05) is 20.4 Å². The third-order valence-corrected chi connectivity index (χ3v) is 5.57. The van der Waals surface area contributed by atoms with E-state index in [0.29, 0.717) is 12.3 Å². The smallest absolute Gasteiger partial charge is 0.309 e. The molecule has 3 unspecified atom stereocenters. The maximum atomic E-state index is 12.2. The van der Waals surface area contributed by atoms with Crippen LogP contribution in [0.15, 0.2) is 42.5 Å². The summed E-state index contributed by atoms with van der Waals surface area (Å²) in [6.07, 6.45) is 0.975. The van der Waals surface area contributed by atoms with Gasteiger partial charge in [0, 0.05) is 18.5 Å². The summed E-state index contributed by atoms with van der Waals surface area (Å²) in [5.41, 5.74) is 3.30. The maximum absolute atomic E-state index is 12.2. The minimum Gasteiger partial charge on any atom is -0.481 e. The van der Waals surface area contributed by atoms with Gasteiger partial charge in [-0.25, -0.2) is 0 Å². The number of carbonyl (C=O) groups is 1. The normalized spacial score (nSPS) is 24.8. The molecule has 5 heteroatoms. The second kappa shape index (κ2) is 6.65. The SMILES string of the molecule is CCc1ccc(C2C(C(=O)O)C(c3ccc4c(c3)OCO4)CN2C)cc1. The van der Waals surface area contributed by atoms with E-state index in [2.05, 4.69) is 36.1 Å². The number of carboxylic acid groups (broad SMARTS) is 1. The van der Waals surface area contributed by atoms with Gasteiger partial charge in [-0.15, -0.1) is 0 Å². The molecule has 0 aliphatic carbocycles. The van der Waals surface area contributed by atoms with Crippen LogP contribution >= 0.6 is 0 Å². The fourth-order valence-corrected chi connectivity index (χ4v) is 4.21. The van der Waals surface area contributed by atoms with E-state index in [1.54, 1.807) is 0 Å². The summed E-state index contributed by atoms with van der Waals surface area (Å²) in [6.45, 7) is 3.03. The second-order valence-corrected chi connectivity index (χ2v) is 7.06. The first-order valence-electron chi connectivity index (χ1n) is 9.00. The number of likely N-dealkylation sites (tertiary alicyclic amines) is 1. The number of hydrogen-bond acceptors (Lipinski definition) is 4. The third kappa shape index (κ3) is 2.82. The monoisotopic (exact) mass is 353 g/mol. The molecule has 3 atom stereocenters. The van der Waals surface area contributed by atoms with E-state index in [-0.39, 0.29) is 18.8 Å². The molecule has 0 spiro atoms. The highest BCUT2D eigenvalue weighted by atomic mass is 16.7. The Hall–Kier alpha value is -2.53. The van der Waals surface area contributed by atoms with Crippen LogP contribution in [-0.2, 0) is 11.2 Å². The summed E-state index contributed by atoms with van der Waals surface area (Å²) in [4.78, 5) is 14.3. The number of fused-ring (bicyclic) bond motifs is 1. The van der Waals surface area contributed by atoms with Crippen molar-refractivity contribution >= 4 is 5.97 Å². The van der Waals surface area contributed by atoms with E-state index in [0.717, 1.165) is 23.3 Å². The molecule has 2 aliphatic heterocycles. The van der Waals surface area contributed by atoms with Gasteiger partial charge in [0.1, 0.15) is 0 Å². The molecule has 0 aromatic heterocycles. The maximum Gasteiger partial charge on any atom is 0.309 e. The van der Waals surface area contributed by atoms with E-state index in [1.807, 2.05) is 25.2 Å². The number of hydrogen-bond donors (Lipinski definition) is 1. The molecule has 0 bridgehead atoms. The molecule has 0 radical (unpaired) electrons. The number of aryl methyl sites for hydroxylation is 1. The fraction of sp³-hybridized carbons (Fsp3) is 0.381. The summed E-state index contributed by atoms with van der Waals surface area (Å²) in [5.74, 6) is 0.0565. The molecule has 1 saturated heterocycles. The zero-order valence-electron chi connectivity index (χ0n) is 15.0. The van der Waals surface area contributed by atoms with Crippen molar-refractivity contribution in [3.8, 4) is 11.5 Å². The third-order valence-electron chi connectivity index (χ3n) is 5.57. The average molecular weight is 353 g/mol. The Balaban J connectivity index is 1.69. The van der Waals surface area contributed by atoms with E-state index in [9.17, 15) is 9.90 Å². The number of benzene rings is 2. The van der Waals surface area contributed by atoms with Crippen molar-refractivity contribution < 1.29 is 19.4 Å². The van der Waals surface area contributed by atoms with Gasteiger partial charge in [0.25, 0.3) is 0 Å². The number of aliphatic carboxylic acids is 1. The summed E-state index contributed by atoms with van der Waals surface area (Å²) in [6, 6.07) is 13.9. The molecule has 1 N–H and O–H groups in total. The highest BCUT2D eigenvalue weighted by molar-refractivity contribution is 5.73.